The van der Waals surface area contributed by atoms with Crippen LogP contribution in [0.25, 0.3) is 6.08 Å². The first kappa shape index (κ1) is 21.8. The molecule has 1 aliphatic rings. The van der Waals surface area contributed by atoms with Gasteiger partial charge < -0.3 is 20.3 Å². The minimum atomic E-state index is -0.258. The van der Waals surface area contributed by atoms with Crippen molar-refractivity contribution in [2.75, 3.05) is 37.9 Å². The van der Waals surface area contributed by atoms with E-state index in [0.29, 0.717) is 29.6 Å². The number of nitrogens with one attached hydrogen (secondary N) is 2. The summed E-state index contributed by atoms with van der Waals surface area (Å²) in [5.74, 6) is 1.45. The molecule has 0 atom stereocenters. The molecule has 4 rings (SSSR count). The van der Waals surface area contributed by atoms with E-state index in [-0.39, 0.29) is 5.82 Å². The number of rotatable bonds is 9. The first-order valence-electron chi connectivity index (χ1n) is 10.7. The summed E-state index contributed by atoms with van der Waals surface area (Å²) in [5.41, 5.74) is 4.04. The molecule has 166 valence electrons. The summed E-state index contributed by atoms with van der Waals surface area (Å²) in [6, 6.07) is 13.1. The largest absolute Gasteiger partial charge is 0.493 e. The quantitative estimate of drug-likeness (QED) is 0.441. The second-order valence-corrected chi connectivity index (χ2v) is 8.22. The number of aromatic nitrogens is 2. The number of benzene rings is 2. The number of hydrogen-bond donors (Lipinski definition) is 2. The lowest BCUT2D eigenvalue weighted by molar-refractivity contribution is 0.281. The van der Waals surface area contributed by atoms with E-state index in [0.717, 1.165) is 42.0 Å². The Labute approximate surface area is 188 Å². The van der Waals surface area contributed by atoms with Crippen molar-refractivity contribution in [3.63, 3.8) is 0 Å². The van der Waals surface area contributed by atoms with Crippen LogP contribution < -0.4 is 15.4 Å². The molecule has 2 aromatic carbocycles. The number of allylic oxidation sites excluding steroid dienone is 1. The number of halogens is 1. The lowest BCUT2D eigenvalue weighted by Crippen LogP contribution is -2.15. The molecule has 0 radical (unpaired) electrons. The SMILES string of the molecule is CC1=Cc2c(ccc(Nc3ccnc(Nc4cccc(OCCCN(C)C)c4)n3)c2F)C1. The van der Waals surface area contributed by atoms with E-state index in [1.165, 1.54) is 0 Å². The van der Waals surface area contributed by atoms with Crippen LogP contribution in [0.2, 0.25) is 0 Å². The van der Waals surface area contributed by atoms with E-state index >= 15 is 0 Å². The van der Waals surface area contributed by atoms with Gasteiger partial charge >= 0.3 is 0 Å². The van der Waals surface area contributed by atoms with Crippen LogP contribution >= 0.6 is 0 Å². The smallest absolute Gasteiger partial charge is 0.229 e. The van der Waals surface area contributed by atoms with Gasteiger partial charge in [-0.25, -0.2) is 9.37 Å². The molecule has 7 heteroatoms. The molecular weight excluding hydrogens is 405 g/mol. The molecule has 0 spiro atoms. The second kappa shape index (κ2) is 9.78. The maximum absolute atomic E-state index is 14.9. The lowest BCUT2D eigenvalue weighted by Gasteiger charge is -2.12. The molecule has 1 heterocycles. The van der Waals surface area contributed by atoms with Crippen molar-refractivity contribution < 1.29 is 9.13 Å². The van der Waals surface area contributed by atoms with Crippen LogP contribution in [-0.4, -0.2) is 42.1 Å². The Morgan fingerprint density at radius 2 is 2.00 bits per heavy atom. The summed E-state index contributed by atoms with van der Waals surface area (Å²) >= 11 is 0. The molecule has 2 N–H and O–H groups in total. The highest BCUT2D eigenvalue weighted by Gasteiger charge is 2.17. The minimum absolute atomic E-state index is 0.258. The van der Waals surface area contributed by atoms with Gasteiger partial charge in [-0.3, -0.25) is 0 Å². The number of anilines is 4. The van der Waals surface area contributed by atoms with Gasteiger partial charge in [0.15, 0.2) is 5.82 Å². The fraction of sp³-hybridized carbons (Fsp3) is 0.280. The molecule has 0 fully saturated rings. The van der Waals surface area contributed by atoms with Crippen molar-refractivity contribution in [1.29, 1.82) is 0 Å². The molecule has 32 heavy (non-hydrogen) atoms. The standard InChI is InChI=1S/C25H28FN5O/c1-17-14-18-8-9-22(24(26)21(18)15-17)29-23-10-11-27-25(30-23)28-19-6-4-7-20(16-19)32-13-5-12-31(2)3/h4,6-11,15-16H,5,12-14H2,1-3H3,(H2,27,28,29,30). The van der Waals surface area contributed by atoms with Gasteiger partial charge in [0.1, 0.15) is 11.6 Å². The van der Waals surface area contributed by atoms with Crippen LogP contribution in [0.5, 0.6) is 5.75 Å². The molecule has 6 nitrogen and oxygen atoms in total. The Kier molecular flexibility index (Phi) is 6.66. The average Bonchev–Trinajstić information content (AvgIpc) is 3.15. The predicted octanol–water partition coefficient (Wildman–Crippen LogP) is 5.39. The second-order valence-electron chi connectivity index (χ2n) is 8.22. The zero-order chi connectivity index (χ0) is 22.5. The summed E-state index contributed by atoms with van der Waals surface area (Å²) < 4.78 is 20.7. The van der Waals surface area contributed by atoms with E-state index in [1.807, 2.05) is 57.4 Å². The van der Waals surface area contributed by atoms with Crippen LogP contribution in [0, 0.1) is 5.82 Å². The first-order chi connectivity index (χ1) is 15.5. The maximum Gasteiger partial charge on any atom is 0.229 e. The van der Waals surface area contributed by atoms with Crippen molar-refractivity contribution in [2.45, 2.75) is 19.8 Å². The third kappa shape index (κ3) is 5.42. The van der Waals surface area contributed by atoms with Gasteiger partial charge in [0, 0.05) is 30.1 Å². The fourth-order valence-corrected chi connectivity index (χ4v) is 3.63. The zero-order valence-electron chi connectivity index (χ0n) is 18.7. The number of nitrogens with zero attached hydrogens (tertiary/aromatic N) is 3. The molecule has 0 unspecified atom stereocenters. The summed E-state index contributed by atoms with van der Waals surface area (Å²) in [4.78, 5) is 10.9. The number of fused-ring (bicyclic) bond motifs is 1. The van der Waals surface area contributed by atoms with Crippen molar-refractivity contribution in [3.05, 3.63) is 71.2 Å². The van der Waals surface area contributed by atoms with E-state index in [4.69, 9.17) is 4.74 Å². The normalized spacial score (nSPS) is 12.5. The highest BCUT2D eigenvalue weighted by Crippen LogP contribution is 2.32. The molecule has 0 saturated heterocycles. The fourth-order valence-electron chi connectivity index (χ4n) is 3.63. The van der Waals surface area contributed by atoms with Crippen molar-refractivity contribution in [3.8, 4) is 5.75 Å². The van der Waals surface area contributed by atoms with Crippen molar-refractivity contribution in [1.82, 2.24) is 14.9 Å². The predicted molar refractivity (Wildman–Crippen MR) is 127 cm³/mol. The van der Waals surface area contributed by atoms with Gasteiger partial charge in [0.05, 0.1) is 12.3 Å². The van der Waals surface area contributed by atoms with Gasteiger partial charge in [0.25, 0.3) is 0 Å². The van der Waals surface area contributed by atoms with Crippen LogP contribution in [0.3, 0.4) is 0 Å². The molecule has 0 bridgehead atoms. The molecule has 1 aromatic heterocycles. The lowest BCUT2D eigenvalue weighted by atomic mass is 10.1. The molecule has 1 aliphatic carbocycles. The van der Waals surface area contributed by atoms with Gasteiger partial charge in [-0.15, -0.1) is 0 Å². The Bertz CT molecular complexity index is 1130. The van der Waals surface area contributed by atoms with Crippen LogP contribution in [-0.2, 0) is 6.42 Å². The zero-order valence-corrected chi connectivity index (χ0v) is 18.7. The summed E-state index contributed by atoms with van der Waals surface area (Å²) in [7, 11) is 4.09. The summed E-state index contributed by atoms with van der Waals surface area (Å²) in [5, 5.41) is 6.26. The van der Waals surface area contributed by atoms with Gasteiger partial charge in [-0.05, 0) is 63.7 Å². The monoisotopic (exact) mass is 433 g/mol. The van der Waals surface area contributed by atoms with Gasteiger partial charge in [-0.2, -0.15) is 4.98 Å². The van der Waals surface area contributed by atoms with Crippen molar-refractivity contribution in [2.24, 2.45) is 0 Å². The third-order valence-corrected chi connectivity index (χ3v) is 5.16. The third-order valence-electron chi connectivity index (χ3n) is 5.16. The summed E-state index contributed by atoms with van der Waals surface area (Å²) in [6.45, 7) is 3.64. The van der Waals surface area contributed by atoms with Crippen LogP contribution in [0.15, 0.2) is 54.2 Å². The van der Waals surface area contributed by atoms with Gasteiger partial charge in [-0.1, -0.05) is 23.8 Å². The molecule has 0 aliphatic heterocycles. The van der Waals surface area contributed by atoms with Crippen molar-refractivity contribution >= 4 is 29.2 Å². The van der Waals surface area contributed by atoms with E-state index in [9.17, 15) is 4.39 Å². The highest BCUT2D eigenvalue weighted by molar-refractivity contribution is 5.71. The van der Waals surface area contributed by atoms with Crippen LogP contribution in [0.1, 0.15) is 24.5 Å². The Hall–Kier alpha value is -3.45. The van der Waals surface area contributed by atoms with Gasteiger partial charge in [0.2, 0.25) is 5.95 Å². The highest BCUT2D eigenvalue weighted by atomic mass is 19.1. The molecular formula is C25H28FN5O. The minimum Gasteiger partial charge on any atom is -0.493 e. The van der Waals surface area contributed by atoms with E-state index < -0.39 is 0 Å². The topological polar surface area (TPSA) is 62.3 Å². The molecule has 0 amide bonds. The Balaban J connectivity index is 1.42. The molecule has 0 saturated carbocycles. The average molecular weight is 434 g/mol. The van der Waals surface area contributed by atoms with Crippen LogP contribution in [0.4, 0.5) is 27.5 Å². The maximum atomic E-state index is 14.9. The number of ether oxygens (including phenoxy) is 1. The summed E-state index contributed by atoms with van der Waals surface area (Å²) in [6.07, 6.45) is 5.29. The first-order valence-corrected chi connectivity index (χ1v) is 10.7. The Morgan fingerprint density at radius 1 is 1.12 bits per heavy atom. The molecule has 3 aromatic rings. The Morgan fingerprint density at radius 3 is 2.84 bits per heavy atom. The van der Waals surface area contributed by atoms with E-state index in [1.54, 1.807) is 18.3 Å². The van der Waals surface area contributed by atoms with E-state index in [2.05, 4.69) is 25.5 Å². The number of hydrogen-bond acceptors (Lipinski definition) is 6.